The van der Waals surface area contributed by atoms with Crippen molar-refractivity contribution in [1.29, 1.82) is 5.26 Å². The van der Waals surface area contributed by atoms with Crippen molar-refractivity contribution in [2.45, 2.75) is 44.2 Å². The van der Waals surface area contributed by atoms with E-state index in [-0.39, 0.29) is 6.29 Å². The zero-order valence-corrected chi connectivity index (χ0v) is 14.4. The third-order valence-corrected chi connectivity index (χ3v) is 5.54. The van der Waals surface area contributed by atoms with Crippen LogP contribution in [0.1, 0.15) is 43.1 Å². The van der Waals surface area contributed by atoms with Gasteiger partial charge in [-0.15, -0.1) is 0 Å². The maximum absolute atomic E-state index is 8.87. The minimum Gasteiger partial charge on any atom is -0.375 e. The molecule has 2 heterocycles. The van der Waals surface area contributed by atoms with Gasteiger partial charge in [-0.2, -0.15) is 5.26 Å². The summed E-state index contributed by atoms with van der Waals surface area (Å²) < 4.78 is 23.1. The number of epoxide rings is 1. The van der Waals surface area contributed by atoms with E-state index in [9.17, 15) is 0 Å². The van der Waals surface area contributed by atoms with Gasteiger partial charge in [0.2, 0.25) is 0 Å². The van der Waals surface area contributed by atoms with Crippen LogP contribution in [0.25, 0.3) is 0 Å². The second-order valence-corrected chi connectivity index (χ2v) is 7.32. The summed E-state index contributed by atoms with van der Waals surface area (Å²) in [6, 6.07) is 9.57. The van der Waals surface area contributed by atoms with Gasteiger partial charge in [0.25, 0.3) is 0 Å². The number of nitrogens with zero attached hydrogens (tertiary/aromatic N) is 1. The van der Waals surface area contributed by atoms with Crippen molar-refractivity contribution in [3.63, 3.8) is 0 Å². The monoisotopic (exact) mass is 343 g/mol. The highest BCUT2D eigenvalue weighted by atomic mass is 16.7. The van der Waals surface area contributed by atoms with Gasteiger partial charge in [-0.1, -0.05) is 12.1 Å². The van der Waals surface area contributed by atoms with Gasteiger partial charge in [0, 0.05) is 11.5 Å². The quantitative estimate of drug-likeness (QED) is 0.768. The molecular formula is C20H25NO4. The summed E-state index contributed by atoms with van der Waals surface area (Å²) in [5.74, 6) is 1.14. The van der Waals surface area contributed by atoms with Gasteiger partial charge in [-0.3, -0.25) is 0 Å². The van der Waals surface area contributed by atoms with E-state index < -0.39 is 0 Å². The standard InChI is InChI=1S/C20H25NO4/c21-9-14-1-3-16(4-2-14)20-24-10-17(11-25-20)15-5-7-18(8-6-15)22-12-19-13-23-19/h1-4,15,17-20H,5-8,10-13H2. The van der Waals surface area contributed by atoms with Crippen LogP contribution in [0.15, 0.2) is 24.3 Å². The summed E-state index contributed by atoms with van der Waals surface area (Å²) in [5.41, 5.74) is 1.64. The fourth-order valence-corrected chi connectivity index (χ4v) is 3.83. The maximum atomic E-state index is 8.87. The SMILES string of the molecule is N#Cc1ccc(C2OCC(C3CCC(OCC4CO4)CC3)CO2)cc1. The van der Waals surface area contributed by atoms with Gasteiger partial charge >= 0.3 is 0 Å². The Balaban J connectivity index is 1.21. The van der Waals surface area contributed by atoms with E-state index in [1.807, 2.05) is 24.3 Å². The van der Waals surface area contributed by atoms with Crippen LogP contribution in [0, 0.1) is 23.2 Å². The molecule has 0 bridgehead atoms. The number of hydrogen-bond acceptors (Lipinski definition) is 5. The Morgan fingerprint density at radius 3 is 2.20 bits per heavy atom. The third kappa shape index (κ3) is 4.39. The Labute approximate surface area is 148 Å². The molecule has 2 saturated heterocycles. The maximum Gasteiger partial charge on any atom is 0.183 e. The molecule has 0 aromatic heterocycles. The summed E-state index contributed by atoms with van der Waals surface area (Å²) in [4.78, 5) is 0. The second-order valence-electron chi connectivity index (χ2n) is 7.32. The minimum absolute atomic E-state index is 0.304. The van der Waals surface area contributed by atoms with E-state index in [4.69, 9.17) is 24.2 Å². The van der Waals surface area contributed by atoms with Crippen LogP contribution in [0.3, 0.4) is 0 Å². The van der Waals surface area contributed by atoms with Gasteiger partial charge in [-0.25, -0.2) is 0 Å². The van der Waals surface area contributed by atoms with Crippen molar-refractivity contribution in [2.75, 3.05) is 26.4 Å². The predicted molar refractivity (Wildman–Crippen MR) is 90.7 cm³/mol. The Bertz CT molecular complexity index is 591. The van der Waals surface area contributed by atoms with Crippen molar-refractivity contribution < 1.29 is 18.9 Å². The lowest BCUT2D eigenvalue weighted by Crippen LogP contribution is -2.35. The smallest absolute Gasteiger partial charge is 0.183 e. The van der Waals surface area contributed by atoms with Crippen molar-refractivity contribution in [3.8, 4) is 6.07 Å². The first-order valence-electron chi connectivity index (χ1n) is 9.28. The molecule has 1 aromatic rings. The molecule has 1 unspecified atom stereocenters. The van der Waals surface area contributed by atoms with Gasteiger partial charge in [-0.05, 0) is 43.7 Å². The molecule has 1 saturated carbocycles. The van der Waals surface area contributed by atoms with Crippen LogP contribution >= 0.6 is 0 Å². The van der Waals surface area contributed by atoms with Gasteiger partial charge in [0.05, 0.1) is 44.2 Å². The summed E-state index contributed by atoms with van der Waals surface area (Å²) >= 11 is 0. The number of rotatable bonds is 5. The van der Waals surface area contributed by atoms with Gasteiger partial charge < -0.3 is 18.9 Å². The molecule has 4 rings (SSSR count). The lowest BCUT2D eigenvalue weighted by Gasteiger charge is -2.37. The van der Waals surface area contributed by atoms with Crippen LogP contribution in [-0.4, -0.2) is 38.6 Å². The normalized spacial score (nSPS) is 35.1. The van der Waals surface area contributed by atoms with Crippen molar-refractivity contribution >= 4 is 0 Å². The lowest BCUT2D eigenvalue weighted by molar-refractivity contribution is -0.215. The van der Waals surface area contributed by atoms with Crippen molar-refractivity contribution in [2.24, 2.45) is 11.8 Å². The average Bonchev–Trinajstić information content (AvgIpc) is 3.52. The molecule has 2 aliphatic heterocycles. The summed E-state index contributed by atoms with van der Waals surface area (Å²) in [6.07, 6.45) is 5.10. The first-order chi connectivity index (χ1) is 12.3. The molecule has 0 N–H and O–H groups in total. The molecule has 25 heavy (non-hydrogen) atoms. The Kier molecular flexibility index (Phi) is 5.33. The first kappa shape index (κ1) is 17.0. The zero-order chi connectivity index (χ0) is 17.1. The van der Waals surface area contributed by atoms with Gasteiger partial charge in [0.15, 0.2) is 6.29 Å². The Morgan fingerprint density at radius 2 is 1.60 bits per heavy atom. The molecule has 1 aliphatic carbocycles. The molecule has 5 nitrogen and oxygen atoms in total. The van der Waals surface area contributed by atoms with Crippen LogP contribution in [0.2, 0.25) is 0 Å². The topological polar surface area (TPSA) is 64.0 Å². The summed E-state index contributed by atoms with van der Waals surface area (Å²) in [6.45, 7) is 3.12. The molecule has 3 fully saturated rings. The van der Waals surface area contributed by atoms with Crippen molar-refractivity contribution in [1.82, 2.24) is 0 Å². The molecule has 0 amide bonds. The highest BCUT2D eigenvalue weighted by molar-refractivity contribution is 5.32. The molecule has 3 aliphatic rings. The third-order valence-electron chi connectivity index (χ3n) is 5.54. The van der Waals surface area contributed by atoms with E-state index >= 15 is 0 Å². The number of ether oxygens (including phenoxy) is 4. The summed E-state index contributed by atoms with van der Waals surface area (Å²) in [7, 11) is 0. The number of nitriles is 1. The minimum atomic E-state index is -0.304. The summed E-state index contributed by atoms with van der Waals surface area (Å²) in [5, 5.41) is 8.87. The molecule has 0 spiro atoms. The average molecular weight is 343 g/mol. The van der Waals surface area contributed by atoms with Crippen LogP contribution in [0.4, 0.5) is 0 Å². The van der Waals surface area contributed by atoms with E-state index in [0.717, 1.165) is 44.8 Å². The number of benzene rings is 1. The Hall–Kier alpha value is -1.45. The second kappa shape index (κ2) is 7.84. The molecule has 1 aromatic carbocycles. The first-order valence-corrected chi connectivity index (χ1v) is 9.28. The van der Waals surface area contributed by atoms with E-state index in [1.54, 1.807) is 0 Å². The fourth-order valence-electron chi connectivity index (χ4n) is 3.83. The van der Waals surface area contributed by atoms with E-state index in [2.05, 4.69) is 6.07 Å². The van der Waals surface area contributed by atoms with E-state index in [0.29, 0.717) is 29.6 Å². The van der Waals surface area contributed by atoms with Crippen LogP contribution in [-0.2, 0) is 18.9 Å². The fraction of sp³-hybridized carbons (Fsp3) is 0.650. The molecule has 134 valence electrons. The van der Waals surface area contributed by atoms with Crippen molar-refractivity contribution in [3.05, 3.63) is 35.4 Å². The molecule has 1 atom stereocenters. The van der Waals surface area contributed by atoms with Crippen LogP contribution < -0.4 is 0 Å². The number of hydrogen-bond donors (Lipinski definition) is 0. The predicted octanol–water partition coefficient (Wildman–Crippen LogP) is 3.19. The van der Waals surface area contributed by atoms with E-state index in [1.165, 1.54) is 12.8 Å². The molecule has 0 radical (unpaired) electrons. The highest BCUT2D eigenvalue weighted by Gasteiger charge is 2.33. The largest absolute Gasteiger partial charge is 0.375 e. The Morgan fingerprint density at radius 1 is 0.920 bits per heavy atom. The van der Waals surface area contributed by atoms with Crippen LogP contribution in [0.5, 0.6) is 0 Å². The van der Waals surface area contributed by atoms with Gasteiger partial charge in [0.1, 0.15) is 6.10 Å². The molecular weight excluding hydrogens is 318 g/mol. The highest BCUT2D eigenvalue weighted by Crippen LogP contribution is 2.36. The zero-order valence-electron chi connectivity index (χ0n) is 14.4. The lowest BCUT2D eigenvalue weighted by atomic mass is 9.79. The molecule has 5 heteroatoms.